The molecule has 0 fully saturated rings. The highest BCUT2D eigenvalue weighted by Gasteiger charge is 2.38. The first kappa shape index (κ1) is 39.3. The fraction of sp³-hybridized carbons (Fsp3) is 0.0714. The summed E-state index contributed by atoms with van der Waals surface area (Å²) in [5, 5.41) is 0. The van der Waals surface area contributed by atoms with Crippen molar-refractivity contribution in [1.82, 2.24) is 0 Å². The average Bonchev–Trinajstić information content (AvgIpc) is 3.32. The van der Waals surface area contributed by atoms with Crippen molar-refractivity contribution in [2.24, 2.45) is 0 Å². The second-order valence-electron chi connectivity index (χ2n) is 14.6. The zero-order valence-electron chi connectivity index (χ0n) is 33.0. The van der Waals surface area contributed by atoms with Crippen molar-refractivity contribution in [1.29, 1.82) is 0 Å². The van der Waals surface area contributed by atoms with Crippen LogP contribution in [0.5, 0.6) is 0 Å². The van der Waals surface area contributed by atoms with Gasteiger partial charge in [-0.3, -0.25) is 9.59 Å². The number of hydrogen-bond donors (Lipinski definition) is 0. The number of hydrogen-bond acceptors (Lipinski definition) is 4. The van der Waals surface area contributed by atoms with Gasteiger partial charge < -0.3 is 9.47 Å². The monoisotopic (exact) mass is 780 g/mol. The van der Waals surface area contributed by atoms with Gasteiger partial charge in [-0.25, -0.2) is 0 Å². The van der Waals surface area contributed by atoms with Crippen molar-refractivity contribution >= 4 is 11.9 Å². The summed E-state index contributed by atoms with van der Waals surface area (Å²) in [5.74, 6) is -3.49. The third-order valence-corrected chi connectivity index (χ3v) is 10.7. The number of benzene rings is 8. The Hall–Kier alpha value is -7.56. The average molecular weight is 781 g/mol. The summed E-state index contributed by atoms with van der Waals surface area (Å²) in [7, 11) is 0. The van der Waals surface area contributed by atoms with Crippen LogP contribution in [0.3, 0.4) is 0 Å². The molecule has 4 heteroatoms. The SMILES string of the molecule is O=C(O/C(=C(\OC(=O)C(c1ccccc1)c1ccccc1)C(c1ccccc1)c1ccccc1)C(c1ccccc1)c1ccccc1)C(c1ccccc1)c1ccccc1. The molecule has 0 aliphatic heterocycles. The van der Waals surface area contributed by atoms with Crippen LogP contribution in [-0.4, -0.2) is 11.9 Å². The van der Waals surface area contributed by atoms with E-state index in [1.807, 2.05) is 243 Å². The zero-order valence-corrected chi connectivity index (χ0v) is 33.0. The summed E-state index contributed by atoms with van der Waals surface area (Å²) < 4.78 is 14.1. The van der Waals surface area contributed by atoms with Crippen molar-refractivity contribution in [3.05, 3.63) is 299 Å². The quantitative estimate of drug-likeness (QED) is 0.0814. The molecule has 0 spiro atoms. The number of allylic oxidation sites excluding steroid dienone is 2. The molecule has 0 saturated heterocycles. The van der Waals surface area contributed by atoms with E-state index >= 15 is 9.59 Å². The Kier molecular flexibility index (Phi) is 12.6. The topological polar surface area (TPSA) is 52.6 Å². The van der Waals surface area contributed by atoms with Gasteiger partial charge in [-0.05, 0) is 44.5 Å². The summed E-state index contributed by atoms with van der Waals surface area (Å²) in [6, 6.07) is 78.4. The Balaban J connectivity index is 1.43. The van der Waals surface area contributed by atoms with E-state index in [1.165, 1.54) is 0 Å². The van der Waals surface area contributed by atoms with Gasteiger partial charge in [0.1, 0.15) is 11.8 Å². The number of rotatable bonds is 14. The molecule has 0 heterocycles. The van der Waals surface area contributed by atoms with Crippen LogP contribution in [0.15, 0.2) is 254 Å². The molecule has 0 N–H and O–H groups in total. The number of ether oxygens (including phenoxy) is 2. The molecule has 0 aliphatic rings. The Morgan fingerprint density at radius 3 is 0.550 bits per heavy atom. The summed E-state index contributed by atoms with van der Waals surface area (Å²) in [6.45, 7) is 0. The van der Waals surface area contributed by atoms with Gasteiger partial charge in [0, 0.05) is 0 Å². The van der Waals surface area contributed by atoms with E-state index in [-0.39, 0.29) is 11.5 Å². The molecule has 292 valence electrons. The smallest absolute Gasteiger partial charge is 0.323 e. The molecule has 0 bridgehead atoms. The van der Waals surface area contributed by atoms with Gasteiger partial charge in [0.2, 0.25) is 0 Å². The predicted octanol–water partition coefficient (Wildman–Crippen LogP) is 12.6. The maximum absolute atomic E-state index is 15.4. The molecule has 0 unspecified atom stereocenters. The summed E-state index contributed by atoms with van der Waals surface area (Å²) in [5.41, 5.74) is 6.54. The molecule has 0 atom stereocenters. The van der Waals surface area contributed by atoms with Gasteiger partial charge in [-0.1, -0.05) is 243 Å². The van der Waals surface area contributed by atoms with E-state index in [4.69, 9.17) is 9.47 Å². The molecule has 0 radical (unpaired) electrons. The van der Waals surface area contributed by atoms with E-state index in [9.17, 15) is 0 Å². The Morgan fingerprint density at radius 2 is 0.383 bits per heavy atom. The van der Waals surface area contributed by atoms with E-state index < -0.39 is 35.6 Å². The Bertz CT molecular complexity index is 2250. The fourth-order valence-corrected chi connectivity index (χ4v) is 7.92. The van der Waals surface area contributed by atoms with Gasteiger partial charge in [0.05, 0.1) is 11.8 Å². The predicted molar refractivity (Wildman–Crippen MR) is 238 cm³/mol. The molecule has 8 aromatic carbocycles. The minimum atomic E-state index is -0.792. The number of carbonyl (C=O) groups excluding carboxylic acids is 2. The van der Waals surface area contributed by atoms with Crippen LogP contribution >= 0.6 is 0 Å². The lowest BCUT2D eigenvalue weighted by Gasteiger charge is -2.30. The summed E-state index contributed by atoms with van der Waals surface area (Å²) >= 11 is 0. The lowest BCUT2D eigenvalue weighted by atomic mass is 9.83. The van der Waals surface area contributed by atoms with E-state index in [0.717, 1.165) is 44.5 Å². The first-order valence-corrected chi connectivity index (χ1v) is 20.2. The Morgan fingerprint density at radius 1 is 0.233 bits per heavy atom. The highest BCUT2D eigenvalue weighted by atomic mass is 16.6. The van der Waals surface area contributed by atoms with Crippen molar-refractivity contribution < 1.29 is 19.1 Å². The molecule has 0 saturated carbocycles. The third-order valence-electron chi connectivity index (χ3n) is 10.7. The summed E-state index contributed by atoms with van der Waals surface area (Å²) in [4.78, 5) is 30.8. The molecule has 8 aromatic rings. The van der Waals surface area contributed by atoms with Crippen LogP contribution in [0.25, 0.3) is 0 Å². The highest BCUT2D eigenvalue weighted by molar-refractivity contribution is 5.85. The molecule has 0 aliphatic carbocycles. The molecular weight excluding hydrogens is 737 g/mol. The van der Waals surface area contributed by atoms with Crippen LogP contribution < -0.4 is 0 Å². The number of esters is 2. The maximum Gasteiger partial charge on any atom is 0.323 e. The van der Waals surface area contributed by atoms with Gasteiger partial charge >= 0.3 is 11.9 Å². The van der Waals surface area contributed by atoms with Crippen molar-refractivity contribution in [3.8, 4) is 0 Å². The molecule has 0 amide bonds. The van der Waals surface area contributed by atoms with E-state index in [0.29, 0.717) is 0 Å². The van der Waals surface area contributed by atoms with Gasteiger partial charge in [-0.2, -0.15) is 0 Å². The van der Waals surface area contributed by atoms with Crippen LogP contribution in [0, 0.1) is 0 Å². The van der Waals surface area contributed by atoms with Crippen LogP contribution in [0.4, 0.5) is 0 Å². The lowest BCUT2D eigenvalue weighted by Crippen LogP contribution is -2.26. The fourth-order valence-electron chi connectivity index (χ4n) is 7.92. The summed E-state index contributed by atoms with van der Waals surface area (Å²) in [6.07, 6.45) is 0. The van der Waals surface area contributed by atoms with Crippen LogP contribution in [0.2, 0.25) is 0 Å². The van der Waals surface area contributed by atoms with Crippen LogP contribution in [0.1, 0.15) is 68.2 Å². The maximum atomic E-state index is 15.4. The second kappa shape index (κ2) is 19.3. The van der Waals surface area contributed by atoms with Crippen molar-refractivity contribution in [2.45, 2.75) is 23.7 Å². The third kappa shape index (κ3) is 9.09. The van der Waals surface area contributed by atoms with Gasteiger partial charge in [0.15, 0.2) is 11.5 Å². The van der Waals surface area contributed by atoms with Gasteiger partial charge in [-0.15, -0.1) is 0 Å². The Labute approximate surface area is 352 Å². The highest BCUT2D eigenvalue weighted by Crippen LogP contribution is 2.44. The molecule has 4 nitrogen and oxygen atoms in total. The van der Waals surface area contributed by atoms with Crippen LogP contribution in [-0.2, 0) is 19.1 Å². The minimum Gasteiger partial charge on any atom is -0.426 e. The molecule has 0 aromatic heterocycles. The normalized spacial score (nSPS) is 11.7. The number of carbonyl (C=O) groups is 2. The van der Waals surface area contributed by atoms with Crippen molar-refractivity contribution in [3.63, 3.8) is 0 Å². The van der Waals surface area contributed by atoms with Crippen molar-refractivity contribution in [2.75, 3.05) is 0 Å². The lowest BCUT2D eigenvalue weighted by molar-refractivity contribution is -0.145. The first-order valence-electron chi connectivity index (χ1n) is 20.2. The minimum absolute atomic E-state index is 0.222. The zero-order chi connectivity index (χ0) is 40.9. The largest absolute Gasteiger partial charge is 0.426 e. The molecule has 8 rings (SSSR count). The first-order chi connectivity index (χ1) is 29.7. The molecular formula is C56H44O4. The van der Waals surface area contributed by atoms with E-state index in [1.54, 1.807) is 0 Å². The van der Waals surface area contributed by atoms with Gasteiger partial charge in [0.25, 0.3) is 0 Å². The standard InChI is InChI=1S/C56H44O4/c57-55(51(45-33-17-5-18-34-45)46-35-19-6-20-36-46)59-53(49(41-25-9-1-10-26-41)42-27-11-2-12-28-42)54(50(43-29-13-3-14-30-43)44-31-15-4-16-32-44)60-56(58)52(47-37-21-7-22-38-47)48-39-23-8-24-40-48/h1-40,49-52H/b54-53-. The second-order valence-corrected chi connectivity index (χ2v) is 14.6. The molecule has 60 heavy (non-hydrogen) atoms. The van der Waals surface area contributed by atoms with E-state index in [2.05, 4.69) is 0 Å².